The number of piperazine rings is 1. The summed E-state index contributed by atoms with van der Waals surface area (Å²) in [6.07, 6.45) is 2.27. The highest BCUT2D eigenvalue weighted by Gasteiger charge is 2.24. The van der Waals surface area contributed by atoms with Crippen molar-refractivity contribution in [3.63, 3.8) is 0 Å². The number of benzene rings is 2. The first-order chi connectivity index (χ1) is 14.6. The number of rotatable bonds is 10. The van der Waals surface area contributed by atoms with Crippen molar-refractivity contribution in [2.75, 3.05) is 39.8 Å². The lowest BCUT2D eigenvalue weighted by atomic mass is 9.86. The highest BCUT2D eigenvalue weighted by atomic mass is 16.5. The summed E-state index contributed by atoms with van der Waals surface area (Å²) in [7, 11) is 1.75. The molecule has 1 heterocycles. The van der Waals surface area contributed by atoms with Crippen LogP contribution < -0.4 is 5.32 Å². The van der Waals surface area contributed by atoms with E-state index >= 15 is 0 Å². The molecule has 3 rings (SSSR count). The number of nitrogens with zero attached hydrogens (tertiary/aromatic N) is 1. The second-order valence-corrected chi connectivity index (χ2v) is 8.43. The van der Waals surface area contributed by atoms with Crippen LogP contribution in [-0.2, 0) is 17.6 Å². The van der Waals surface area contributed by atoms with Crippen LogP contribution in [0.25, 0.3) is 0 Å². The summed E-state index contributed by atoms with van der Waals surface area (Å²) >= 11 is 0. The third-order valence-electron chi connectivity index (χ3n) is 6.55. The molecule has 0 radical (unpaired) electrons. The lowest BCUT2D eigenvalue weighted by Gasteiger charge is -2.28. The first kappa shape index (κ1) is 23.0. The van der Waals surface area contributed by atoms with E-state index in [9.17, 15) is 5.11 Å². The number of aryl methyl sites for hydroxylation is 1. The molecule has 0 amide bonds. The Balaban J connectivity index is 1.69. The number of hydrogen-bond donors (Lipinski definition) is 2. The van der Waals surface area contributed by atoms with Crippen LogP contribution in [0.2, 0.25) is 0 Å². The van der Waals surface area contributed by atoms with E-state index in [0.29, 0.717) is 6.42 Å². The minimum Gasteiger partial charge on any atom is -0.388 e. The highest BCUT2D eigenvalue weighted by molar-refractivity contribution is 5.34. The van der Waals surface area contributed by atoms with Gasteiger partial charge in [0.25, 0.3) is 0 Å². The van der Waals surface area contributed by atoms with Gasteiger partial charge in [-0.05, 0) is 48.4 Å². The van der Waals surface area contributed by atoms with Crippen molar-refractivity contribution in [1.29, 1.82) is 0 Å². The van der Waals surface area contributed by atoms with Crippen LogP contribution in [0, 0.1) is 0 Å². The number of nitrogens with one attached hydrogen (secondary N) is 1. The van der Waals surface area contributed by atoms with Crippen LogP contribution >= 0.6 is 0 Å². The first-order valence-electron chi connectivity index (χ1n) is 11.4. The molecule has 30 heavy (non-hydrogen) atoms. The smallest absolute Gasteiger partial charge is 0.0797 e. The van der Waals surface area contributed by atoms with Gasteiger partial charge >= 0.3 is 0 Å². The molecule has 1 aliphatic rings. The zero-order valence-corrected chi connectivity index (χ0v) is 18.8. The molecular weight excluding hydrogens is 372 g/mol. The topological polar surface area (TPSA) is 44.7 Å². The summed E-state index contributed by atoms with van der Waals surface area (Å²) in [5.41, 5.74) is 5.01. The number of ether oxygens (including phenoxy) is 1. The molecule has 2 aromatic rings. The summed E-state index contributed by atoms with van der Waals surface area (Å²) in [4.78, 5) is 2.54. The van der Waals surface area contributed by atoms with Gasteiger partial charge in [0.05, 0.1) is 12.2 Å². The normalized spacial score (nSPS) is 18.1. The monoisotopic (exact) mass is 410 g/mol. The second kappa shape index (κ2) is 11.6. The molecule has 1 fully saturated rings. The standard InChI is InChI=1S/C26H38N2O2/c1-4-21-18-24(11-10-22(21)12-15-28-16-13-27-14-17-28)26(29)19-25(20(2)30-3)23-8-6-5-7-9-23/h5-11,18,20,25-27,29H,4,12-17,19H2,1-3H3. The molecule has 1 saturated heterocycles. The maximum atomic E-state index is 11.1. The third kappa shape index (κ3) is 6.14. The fourth-order valence-corrected chi connectivity index (χ4v) is 4.48. The van der Waals surface area contributed by atoms with Crippen molar-refractivity contribution in [3.8, 4) is 0 Å². The molecule has 3 atom stereocenters. The van der Waals surface area contributed by atoms with Crippen LogP contribution in [-0.4, -0.2) is 55.9 Å². The van der Waals surface area contributed by atoms with E-state index in [-0.39, 0.29) is 12.0 Å². The summed E-state index contributed by atoms with van der Waals surface area (Å²) in [5.74, 6) is 0.156. The van der Waals surface area contributed by atoms with Gasteiger partial charge in [0.15, 0.2) is 0 Å². The minimum absolute atomic E-state index is 0.0472. The average molecular weight is 411 g/mol. The Morgan fingerprint density at radius 3 is 2.43 bits per heavy atom. The zero-order valence-electron chi connectivity index (χ0n) is 18.8. The van der Waals surface area contributed by atoms with Crippen molar-refractivity contribution in [2.45, 2.75) is 51.2 Å². The van der Waals surface area contributed by atoms with Crippen molar-refractivity contribution in [3.05, 3.63) is 70.8 Å². The Bertz CT molecular complexity index is 759. The van der Waals surface area contributed by atoms with E-state index in [1.165, 1.54) is 16.7 Å². The van der Waals surface area contributed by atoms with Crippen molar-refractivity contribution in [2.24, 2.45) is 0 Å². The SMILES string of the molecule is CCc1cc(C(O)CC(c2ccccc2)C(C)OC)ccc1CCN1CCNCC1. The van der Waals surface area contributed by atoms with Gasteiger partial charge in [0.2, 0.25) is 0 Å². The van der Waals surface area contributed by atoms with Crippen LogP contribution in [0.15, 0.2) is 48.5 Å². The fraction of sp³-hybridized carbons (Fsp3) is 0.538. The zero-order chi connectivity index (χ0) is 21.3. The average Bonchev–Trinajstić information content (AvgIpc) is 2.81. The molecule has 0 aromatic heterocycles. The van der Waals surface area contributed by atoms with E-state index in [0.717, 1.165) is 51.1 Å². The number of methoxy groups -OCH3 is 1. The van der Waals surface area contributed by atoms with E-state index in [2.05, 4.69) is 66.5 Å². The van der Waals surface area contributed by atoms with Crippen molar-refractivity contribution in [1.82, 2.24) is 10.2 Å². The predicted octanol–water partition coefficient (Wildman–Crippen LogP) is 3.94. The Labute approximate surface area is 182 Å². The molecule has 4 nitrogen and oxygen atoms in total. The lowest BCUT2D eigenvalue weighted by Crippen LogP contribution is -2.44. The van der Waals surface area contributed by atoms with Crippen molar-refractivity contribution >= 4 is 0 Å². The minimum atomic E-state index is -0.500. The van der Waals surface area contributed by atoms with Gasteiger partial charge in [-0.2, -0.15) is 0 Å². The molecule has 0 spiro atoms. The van der Waals surface area contributed by atoms with Gasteiger partial charge in [0, 0.05) is 45.8 Å². The highest BCUT2D eigenvalue weighted by Crippen LogP contribution is 2.33. The van der Waals surface area contributed by atoms with Crippen LogP contribution in [0.3, 0.4) is 0 Å². The molecule has 0 bridgehead atoms. The quantitative estimate of drug-likeness (QED) is 0.623. The molecule has 4 heteroatoms. The second-order valence-electron chi connectivity index (χ2n) is 8.43. The maximum absolute atomic E-state index is 11.1. The van der Waals surface area contributed by atoms with E-state index in [1.807, 2.05) is 6.07 Å². The maximum Gasteiger partial charge on any atom is 0.0797 e. The van der Waals surface area contributed by atoms with Crippen LogP contribution in [0.4, 0.5) is 0 Å². The van der Waals surface area contributed by atoms with Gasteiger partial charge in [-0.3, -0.25) is 0 Å². The van der Waals surface area contributed by atoms with E-state index in [1.54, 1.807) is 7.11 Å². The molecule has 1 aliphatic heterocycles. The van der Waals surface area contributed by atoms with Gasteiger partial charge in [-0.15, -0.1) is 0 Å². The Morgan fingerprint density at radius 1 is 1.03 bits per heavy atom. The molecule has 2 aromatic carbocycles. The van der Waals surface area contributed by atoms with Crippen molar-refractivity contribution < 1.29 is 9.84 Å². The van der Waals surface area contributed by atoms with E-state index in [4.69, 9.17) is 4.74 Å². The molecule has 0 saturated carbocycles. The summed E-state index contributed by atoms with van der Waals surface area (Å²) in [6.45, 7) is 9.86. The molecule has 3 unspecified atom stereocenters. The third-order valence-corrected chi connectivity index (χ3v) is 6.55. The van der Waals surface area contributed by atoms with Gasteiger partial charge in [-0.25, -0.2) is 0 Å². The summed E-state index contributed by atoms with van der Waals surface area (Å²) in [6, 6.07) is 17.0. The van der Waals surface area contributed by atoms with Crippen LogP contribution in [0.1, 0.15) is 54.5 Å². The van der Waals surface area contributed by atoms with E-state index < -0.39 is 6.10 Å². The molecular formula is C26H38N2O2. The lowest BCUT2D eigenvalue weighted by molar-refractivity contribution is 0.0659. The molecule has 0 aliphatic carbocycles. The number of hydrogen-bond acceptors (Lipinski definition) is 4. The molecule has 2 N–H and O–H groups in total. The summed E-state index contributed by atoms with van der Waals surface area (Å²) in [5, 5.41) is 14.5. The molecule has 164 valence electrons. The number of aliphatic hydroxyl groups excluding tert-OH is 1. The summed E-state index contributed by atoms with van der Waals surface area (Å²) < 4.78 is 5.64. The van der Waals surface area contributed by atoms with Gasteiger partial charge in [0.1, 0.15) is 0 Å². The van der Waals surface area contributed by atoms with Crippen LogP contribution in [0.5, 0.6) is 0 Å². The fourth-order valence-electron chi connectivity index (χ4n) is 4.48. The largest absolute Gasteiger partial charge is 0.388 e. The number of aliphatic hydroxyl groups is 1. The Morgan fingerprint density at radius 2 is 1.77 bits per heavy atom. The van der Waals surface area contributed by atoms with Gasteiger partial charge < -0.3 is 20.1 Å². The predicted molar refractivity (Wildman–Crippen MR) is 124 cm³/mol. The Kier molecular flexibility index (Phi) is 8.88. The Hall–Kier alpha value is -1.72. The first-order valence-corrected chi connectivity index (χ1v) is 11.4. The van der Waals surface area contributed by atoms with Gasteiger partial charge in [-0.1, -0.05) is 55.5 Å².